The molecule has 1 rings (SSSR count). The number of carbonyl (C=O) groups excluding carboxylic acids is 1. The van der Waals surface area contributed by atoms with E-state index in [1.54, 1.807) is 18.2 Å². The molecule has 0 fully saturated rings. The third kappa shape index (κ3) is 3.10. The Morgan fingerprint density at radius 1 is 1.46 bits per heavy atom. The summed E-state index contributed by atoms with van der Waals surface area (Å²) in [4.78, 5) is 10.8. The van der Waals surface area contributed by atoms with E-state index in [-0.39, 0.29) is 5.75 Å². The second kappa shape index (κ2) is 4.74. The molecular weight excluding hydrogens is 231 g/mol. The van der Waals surface area contributed by atoms with E-state index in [2.05, 4.69) is 0 Å². The lowest BCUT2D eigenvalue weighted by Crippen LogP contribution is -2.24. The number of hydrogen-bond acceptors (Lipinski definition) is 3. The van der Waals surface area contributed by atoms with E-state index in [1.165, 1.54) is 0 Å². The SMILES string of the molecule is O=C([O-])CSc1cccc(Cl)c1Cl. The zero-order valence-corrected chi connectivity index (χ0v) is 8.75. The molecule has 0 unspecified atom stereocenters. The van der Waals surface area contributed by atoms with Crippen LogP contribution in [0.1, 0.15) is 0 Å². The van der Waals surface area contributed by atoms with Gasteiger partial charge in [-0.3, -0.25) is 0 Å². The van der Waals surface area contributed by atoms with Crippen LogP contribution >= 0.6 is 35.0 Å². The van der Waals surface area contributed by atoms with Gasteiger partial charge in [-0.1, -0.05) is 29.3 Å². The second-order valence-corrected chi connectivity index (χ2v) is 4.01. The smallest absolute Gasteiger partial charge is 0.0728 e. The number of carbonyl (C=O) groups is 1. The average molecular weight is 236 g/mol. The molecule has 0 aliphatic rings. The van der Waals surface area contributed by atoms with Crippen molar-refractivity contribution in [3.63, 3.8) is 0 Å². The van der Waals surface area contributed by atoms with Crippen molar-refractivity contribution in [1.82, 2.24) is 0 Å². The largest absolute Gasteiger partial charge is 0.549 e. The Labute approximate surface area is 89.8 Å². The maximum atomic E-state index is 10.2. The Bertz CT molecular complexity index is 328. The van der Waals surface area contributed by atoms with Crippen LogP contribution in [0.15, 0.2) is 23.1 Å². The minimum absolute atomic E-state index is 0.125. The molecule has 2 nitrogen and oxygen atoms in total. The molecule has 0 N–H and O–H groups in total. The molecule has 0 atom stereocenters. The Morgan fingerprint density at radius 2 is 2.15 bits per heavy atom. The lowest BCUT2D eigenvalue weighted by molar-refractivity contribution is -0.301. The van der Waals surface area contributed by atoms with Gasteiger partial charge in [-0.05, 0) is 12.1 Å². The van der Waals surface area contributed by atoms with Crippen molar-refractivity contribution < 1.29 is 9.90 Å². The van der Waals surface area contributed by atoms with Gasteiger partial charge in [0.05, 0.1) is 16.0 Å². The van der Waals surface area contributed by atoms with E-state index in [9.17, 15) is 9.90 Å². The summed E-state index contributed by atoms with van der Waals surface area (Å²) in [5, 5.41) is 11.0. The predicted octanol–water partition coefficient (Wildman–Crippen LogP) is 1.84. The quantitative estimate of drug-likeness (QED) is 0.751. The average Bonchev–Trinajstić information content (AvgIpc) is 2.07. The minimum Gasteiger partial charge on any atom is -0.549 e. The second-order valence-electron chi connectivity index (χ2n) is 2.21. The molecule has 0 saturated heterocycles. The summed E-state index contributed by atoms with van der Waals surface area (Å²) in [6, 6.07) is 5.07. The van der Waals surface area contributed by atoms with Crippen molar-refractivity contribution in [2.75, 3.05) is 5.75 Å². The lowest BCUT2D eigenvalue weighted by atomic mass is 10.4. The van der Waals surface area contributed by atoms with Crippen LogP contribution in [0.3, 0.4) is 0 Å². The topological polar surface area (TPSA) is 40.1 Å². The number of thioether (sulfide) groups is 1. The Morgan fingerprint density at radius 3 is 2.77 bits per heavy atom. The highest BCUT2D eigenvalue weighted by molar-refractivity contribution is 8.00. The van der Waals surface area contributed by atoms with Gasteiger partial charge in [-0.25, -0.2) is 0 Å². The molecule has 1 aromatic carbocycles. The van der Waals surface area contributed by atoms with Crippen LogP contribution in [-0.4, -0.2) is 11.7 Å². The number of halogens is 2. The van der Waals surface area contributed by atoms with Gasteiger partial charge in [0.2, 0.25) is 0 Å². The van der Waals surface area contributed by atoms with Crippen molar-refractivity contribution >= 4 is 40.9 Å². The summed E-state index contributed by atoms with van der Waals surface area (Å²) < 4.78 is 0. The van der Waals surface area contributed by atoms with Crippen molar-refractivity contribution in [3.8, 4) is 0 Å². The van der Waals surface area contributed by atoms with E-state index >= 15 is 0 Å². The molecule has 0 heterocycles. The molecule has 0 bridgehead atoms. The first-order valence-electron chi connectivity index (χ1n) is 3.38. The van der Waals surface area contributed by atoms with Crippen LogP contribution < -0.4 is 5.11 Å². The molecule has 1 aromatic rings. The van der Waals surface area contributed by atoms with Crippen LogP contribution in [0.4, 0.5) is 0 Å². The molecule has 5 heteroatoms. The summed E-state index contributed by atoms with van der Waals surface area (Å²) in [5.41, 5.74) is 0. The standard InChI is InChI=1S/C8H6Cl2O2S/c9-5-2-1-3-6(8(5)10)13-4-7(11)12/h1-3H,4H2,(H,11,12)/p-1. The van der Waals surface area contributed by atoms with Crippen LogP contribution in [-0.2, 0) is 4.79 Å². The molecule has 13 heavy (non-hydrogen) atoms. The summed E-state index contributed by atoms with van der Waals surface area (Å²) >= 11 is 12.6. The first-order valence-corrected chi connectivity index (χ1v) is 5.12. The first-order chi connectivity index (χ1) is 6.11. The molecule has 0 saturated carbocycles. The molecule has 0 aromatic heterocycles. The van der Waals surface area contributed by atoms with Gasteiger partial charge in [-0.15, -0.1) is 11.8 Å². The highest BCUT2D eigenvalue weighted by atomic mass is 35.5. The number of aliphatic carboxylic acids is 1. The van der Waals surface area contributed by atoms with Crippen LogP contribution in [0.25, 0.3) is 0 Å². The minimum atomic E-state index is -1.12. The fraction of sp³-hybridized carbons (Fsp3) is 0.125. The maximum Gasteiger partial charge on any atom is 0.0728 e. The van der Waals surface area contributed by atoms with Crippen LogP contribution in [0.5, 0.6) is 0 Å². The Hall–Kier alpha value is -0.380. The molecule has 0 radical (unpaired) electrons. The van der Waals surface area contributed by atoms with Gasteiger partial charge in [0, 0.05) is 10.6 Å². The van der Waals surface area contributed by atoms with Gasteiger partial charge in [0.15, 0.2) is 0 Å². The van der Waals surface area contributed by atoms with Gasteiger partial charge in [0.25, 0.3) is 0 Å². The number of carboxylic acids is 1. The van der Waals surface area contributed by atoms with E-state index < -0.39 is 5.97 Å². The van der Waals surface area contributed by atoms with Gasteiger partial charge in [0.1, 0.15) is 0 Å². The van der Waals surface area contributed by atoms with Gasteiger partial charge < -0.3 is 9.90 Å². The predicted molar refractivity (Wildman–Crippen MR) is 52.2 cm³/mol. The van der Waals surface area contributed by atoms with Gasteiger partial charge >= 0.3 is 0 Å². The van der Waals surface area contributed by atoms with E-state index in [1.807, 2.05) is 0 Å². The summed E-state index contributed by atoms with van der Waals surface area (Å²) in [5.74, 6) is -1.25. The number of rotatable bonds is 3. The van der Waals surface area contributed by atoms with Crippen molar-refractivity contribution in [1.29, 1.82) is 0 Å². The monoisotopic (exact) mass is 235 g/mol. The zero-order valence-electron chi connectivity index (χ0n) is 6.42. The van der Waals surface area contributed by atoms with Crippen molar-refractivity contribution in [3.05, 3.63) is 28.2 Å². The fourth-order valence-electron chi connectivity index (χ4n) is 0.732. The maximum absolute atomic E-state index is 10.2. The Balaban J connectivity index is 2.77. The molecule has 0 amide bonds. The third-order valence-electron chi connectivity index (χ3n) is 1.26. The van der Waals surface area contributed by atoms with Crippen LogP contribution in [0.2, 0.25) is 10.0 Å². The van der Waals surface area contributed by atoms with Gasteiger partial charge in [-0.2, -0.15) is 0 Å². The summed E-state index contributed by atoms with van der Waals surface area (Å²) in [6.07, 6.45) is 0. The third-order valence-corrected chi connectivity index (χ3v) is 3.22. The normalized spacial score (nSPS) is 10.0. The van der Waals surface area contributed by atoms with Crippen molar-refractivity contribution in [2.24, 2.45) is 0 Å². The highest BCUT2D eigenvalue weighted by Crippen LogP contribution is 2.32. The van der Waals surface area contributed by atoms with Crippen molar-refractivity contribution in [2.45, 2.75) is 4.90 Å². The van der Waals surface area contributed by atoms with E-state index in [0.29, 0.717) is 14.9 Å². The molecule has 0 aliphatic carbocycles. The Kier molecular flexibility index (Phi) is 3.90. The molecule has 0 aliphatic heterocycles. The van der Waals surface area contributed by atoms with E-state index in [0.717, 1.165) is 11.8 Å². The highest BCUT2D eigenvalue weighted by Gasteiger charge is 2.03. The van der Waals surface area contributed by atoms with Crippen LogP contribution in [0, 0.1) is 0 Å². The number of hydrogen-bond donors (Lipinski definition) is 0. The molecule has 0 spiro atoms. The molecule has 70 valence electrons. The zero-order chi connectivity index (χ0) is 9.84. The fourth-order valence-corrected chi connectivity index (χ4v) is 1.94. The van der Waals surface area contributed by atoms with E-state index in [4.69, 9.17) is 23.2 Å². The molecular formula is C8H5Cl2O2S-. The number of carboxylic acid groups (broad SMARTS) is 1. The lowest BCUT2D eigenvalue weighted by Gasteiger charge is -2.05. The first kappa shape index (κ1) is 10.7. The summed E-state index contributed by atoms with van der Waals surface area (Å²) in [7, 11) is 0. The number of benzene rings is 1. The summed E-state index contributed by atoms with van der Waals surface area (Å²) in [6.45, 7) is 0.